The lowest BCUT2D eigenvalue weighted by atomic mass is 9.89. The summed E-state index contributed by atoms with van der Waals surface area (Å²) in [5, 5.41) is 10.3. The maximum absolute atomic E-state index is 12.7. The van der Waals surface area contributed by atoms with Gasteiger partial charge in [0, 0.05) is 4.88 Å². The second-order valence-corrected chi connectivity index (χ2v) is 7.97. The van der Waals surface area contributed by atoms with E-state index in [2.05, 4.69) is 23.0 Å². The number of fused-ring (bicyclic) bond motifs is 3. The molecule has 1 aliphatic carbocycles. The number of aryl methyl sites for hydroxylation is 1. The highest BCUT2D eigenvalue weighted by molar-refractivity contribution is 7.18. The number of H-pyrrole nitrogens is 1. The van der Waals surface area contributed by atoms with Crippen LogP contribution in [0, 0.1) is 17.2 Å². The molecule has 4 rings (SSSR count). The van der Waals surface area contributed by atoms with E-state index in [0.29, 0.717) is 22.7 Å². The molecule has 6 heteroatoms. The summed E-state index contributed by atoms with van der Waals surface area (Å²) >= 11 is 1.59. The molecule has 136 valence electrons. The van der Waals surface area contributed by atoms with E-state index in [-0.39, 0.29) is 5.56 Å². The molecule has 0 radical (unpaired) electrons. The lowest BCUT2D eigenvalue weighted by molar-refractivity contribution is 0.415. The minimum Gasteiger partial charge on any atom is -0.497 e. The number of nitrogens with zero attached hydrogens (tertiary/aromatic N) is 2. The van der Waals surface area contributed by atoms with Crippen LogP contribution in [-0.2, 0) is 12.8 Å². The van der Waals surface area contributed by atoms with Gasteiger partial charge in [0.1, 0.15) is 16.6 Å². The van der Waals surface area contributed by atoms with Crippen molar-refractivity contribution in [3.05, 3.63) is 56.4 Å². The summed E-state index contributed by atoms with van der Waals surface area (Å²) in [6.45, 7) is 2.24. The van der Waals surface area contributed by atoms with Crippen LogP contribution in [0.4, 0.5) is 0 Å². The molecule has 3 aromatic rings. The number of ether oxygens (including phenoxy) is 1. The molecule has 0 aliphatic heterocycles. The van der Waals surface area contributed by atoms with Crippen LogP contribution in [0.25, 0.3) is 21.9 Å². The third-order valence-corrected chi connectivity index (χ3v) is 6.12. The summed E-state index contributed by atoms with van der Waals surface area (Å²) in [5.74, 6) is 1.70. The monoisotopic (exact) mass is 377 g/mol. The Hall–Kier alpha value is -2.91. The third kappa shape index (κ3) is 3.26. The molecule has 2 heterocycles. The molecule has 1 atom stereocenters. The zero-order valence-electron chi connectivity index (χ0n) is 15.2. The molecule has 27 heavy (non-hydrogen) atoms. The van der Waals surface area contributed by atoms with Gasteiger partial charge in [-0.2, -0.15) is 5.26 Å². The highest BCUT2D eigenvalue weighted by Gasteiger charge is 2.23. The summed E-state index contributed by atoms with van der Waals surface area (Å²) in [6.07, 6.45) is 4.74. The van der Waals surface area contributed by atoms with Crippen molar-refractivity contribution in [2.75, 3.05) is 7.11 Å². The number of allylic oxidation sites excluding steroid dienone is 1. The molecule has 0 spiro atoms. The fourth-order valence-corrected chi connectivity index (χ4v) is 4.88. The number of hydrogen-bond acceptors (Lipinski definition) is 5. The molecule has 0 amide bonds. The van der Waals surface area contributed by atoms with Crippen LogP contribution >= 0.6 is 11.3 Å². The van der Waals surface area contributed by atoms with Crippen LogP contribution in [-0.4, -0.2) is 17.1 Å². The first-order chi connectivity index (χ1) is 13.1. The van der Waals surface area contributed by atoms with E-state index in [4.69, 9.17) is 4.74 Å². The minimum atomic E-state index is -0.155. The lowest BCUT2D eigenvalue weighted by Crippen LogP contribution is -2.14. The SMILES string of the molecule is COc1ccc(C=C(C#N)c2nc3sc4c(c3c(=O)[nH]2)CCC(C)C4)cc1. The van der Waals surface area contributed by atoms with Gasteiger partial charge in [0.15, 0.2) is 5.82 Å². The molecule has 1 aliphatic rings. The van der Waals surface area contributed by atoms with E-state index < -0.39 is 0 Å². The molecule has 0 saturated heterocycles. The van der Waals surface area contributed by atoms with Gasteiger partial charge in [0.05, 0.1) is 18.1 Å². The standard InChI is InChI=1S/C21H19N3O2S/c1-12-3-8-16-17(9-12)27-21-18(16)20(25)23-19(24-21)14(11-22)10-13-4-6-15(26-2)7-5-13/h4-7,10,12H,3,8-9H2,1-2H3,(H,23,24,25). The van der Waals surface area contributed by atoms with Crippen molar-refractivity contribution in [1.29, 1.82) is 5.26 Å². The number of thiophene rings is 1. The second kappa shape index (κ2) is 7.01. The second-order valence-electron chi connectivity index (χ2n) is 6.89. The Morgan fingerprint density at radius 3 is 2.89 bits per heavy atom. The minimum absolute atomic E-state index is 0.155. The maximum atomic E-state index is 12.7. The van der Waals surface area contributed by atoms with Crippen LogP contribution in [0.5, 0.6) is 5.75 Å². The maximum Gasteiger partial charge on any atom is 0.260 e. The predicted molar refractivity (Wildman–Crippen MR) is 108 cm³/mol. The number of benzene rings is 1. The van der Waals surface area contributed by atoms with E-state index in [1.807, 2.05) is 24.3 Å². The van der Waals surface area contributed by atoms with Crippen LogP contribution in [0.2, 0.25) is 0 Å². The number of methoxy groups -OCH3 is 1. The number of hydrogen-bond donors (Lipinski definition) is 1. The van der Waals surface area contributed by atoms with Crippen LogP contribution in [0.15, 0.2) is 29.1 Å². The number of aromatic amines is 1. The van der Waals surface area contributed by atoms with Crippen molar-refractivity contribution in [2.24, 2.45) is 5.92 Å². The molecule has 1 unspecified atom stereocenters. The Labute approximate surface area is 161 Å². The topological polar surface area (TPSA) is 78.8 Å². The highest BCUT2D eigenvalue weighted by atomic mass is 32.1. The lowest BCUT2D eigenvalue weighted by Gasteiger charge is -2.17. The summed E-state index contributed by atoms with van der Waals surface area (Å²) in [5.41, 5.74) is 2.16. The van der Waals surface area contributed by atoms with Gasteiger partial charge in [0.25, 0.3) is 5.56 Å². The molecule has 0 saturated carbocycles. The molecule has 1 aromatic carbocycles. The van der Waals surface area contributed by atoms with E-state index in [1.165, 1.54) is 4.88 Å². The van der Waals surface area contributed by atoms with Gasteiger partial charge in [-0.05, 0) is 54.5 Å². The van der Waals surface area contributed by atoms with Gasteiger partial charge in [-0.3, -0.25) is 4.79 Å². The number of aromatic nitrogens is 2. The Morgan fingerprint density at radius 2 is 2.19 bits per heavy atom. The van der Waals surface area contributed by atoms with Gasteiger partial charge in [-0.25, -0.2) is 4.98 Å². The number of rotatable bonds is 3. The fourth-order valence-electron chi connectivity index (χ4n) is 3.50. The Kier molecular flexibility index (Phi) is 4.54. The predicted octanol–water partition coefficient (Wildman–Crippen LogP) is 4.18. The highest BCUT2D eigenvalue weighted by Crippen LogP contribution is 2.35. The third-order valence-electron chi connectivity index (χ3n) is 4.97. The Bertz CT molecular complexity index is 1130. The van der Waals surface area contributed by atoms with Crippen molar-refractivity contribution in [1.82, 2.24) is 9.97 Å². The van der Waals surface area contributed by atoms with Crippen molar-refractivity contribution in [3.63, 3.8) is 0 Å². The van der Waals surface area contributed by atoms with Crippen LogP contribution in [0.3, 0.4) is 0 Å². The Balaban J connectivity index is 1.79. The van der Waals surface area contributed by atoms with E-state index in [0.717, 1.165) is 41.0 Å². The smallest absolute Gasteiger partial charge is 0.260 e. The largest absolute Gasteiger partial charge is 0.497 e. The summed E-state index contributed by atoms with van der Waals surface area (Å²) in [6, 6.07) is 9.53. The van der Waals surface area contributed by atoms with E-state index >= 15 is 0 Å². The van der Waals surface area contributed by atoms with Crippen molar-refractivity contribution in [3.8, 4) is 11.8 Å². The quantitative estimate of drug-likeness (QED) is 0.695. The number of nitriles is 1. The zero-order chi connectivity index (χ0) is 19.0. The fraction of sp³-hybridized carbons (Fsp3) is 0.286. The van der Waals surface area contributed by atoms with Gasteiger partial charge in [0.2, 0.25) is 0 Å². The summed E-state index contributed by atoms with van der Waals surface area (Å²) in [7, 11) is 1.61. The zero-order valence-corrected chi connectivity index (χ0v) is 16.0. The molecule has 2 aromatic heterocycles. The van der Waals surface area contributed by atoms with E-state index in [1.54, 1.807) is 24.5 Å². The molecule has 0 fully saturated rings. The van der Waals surface area contributed by atoms with Gasteiger partial charge in [-0.1, -0.05) is 19.1 Å². The molecular weight excluding hydrogens is 358 g/mol. The first-order valence-electron chi connectivity index (χ1n) is 8.90. The average molecular weight is 377 g/mol. The first kappa shape index (κ1) is 17.5. The Morgan fingerprint density at radius 1 is 1.41 bits per heavy atom. The van der Waals surface area contributed by atoms with Crippen molar-refractivity contribution >= 4 is 33.2 Å². The molecule has 5 nitrogen and oxygen atoms in total. The average Bonchev–Trinajstić information content (AvgIpc) is 3.04. The summed E-state index contributed by atoms with van der Waals surface area (Å²) in [4.78, 5) is 22.1. The van der Waals surface area contributed by atoms with E-state index in [9.17, 15) is 10.1 Å². The number of nitrogens with one attached hydrogen (secondary N) is 1. The molecule has 1 N–H and O–H groups in total. The van der Waals surface area contributed by atoms with Crippen molar-refractivity contribution < 1.29 is 4.74 Å². The van der Waals surface area contributed by atoms with Gasteiger partial charge in [-0.15, -0.1) is 11.3 Å². The van der Waals surface area contributed by atoms with Gasteiger partial charge < -0.3 is 9.72 Å². The molecule has 0 bridgehead atoms. The van der Waals surface area contributed by atoms with Crippen LogP contribution < -0.4 is 10.3 Å². The van der Waals surface area contributed by atoms with Crippen LogP contribution in [0.1, 0.15) is 35.2 Å². The molecular formula is C21H19N3O2S. The normalized spacial score (nSPS) is 16.8. The first-order valence-corrected chi connectivity index (χ1v) is 9.71. The summed E-state index contributed by atoms with van der Waals surface area (Å²) < 4.78 is 5.15. The van der Waals surface area contributed by atoms with Crippen molar-refractivity contribution in [2.45, 2.75) is 26.2 Å². The van der Waals surface area contributed by atoms with Gasteiger partial charge >= 0.3 is 0 Å².